The molecule has 13 heteroatoms. The van der Waals surface area contributed by atoms with E-state index in [1.165, 1.54) is 49.5 Å². The van der Waals surface area contributed by atoms with E-state index in [0.29, 0.717) is 27.8 Å². The summed E-state index contributed by atoms with van der Waals surface area (Å²) in [5, 5.41) is 3.44. The van der Waals surface area contributed by atoms with Crippen molar-refractivity contribution in [3.63, 3.8) is 0 Å². The fourth-order valence-corrected chi connectivity index (χ4v) is 4.75. The van der Waals surface area contributed by atoms with Gasteiger partial charge in [0.1, 0.15) is 12.3 Å². The van der Waals surface area contributed by atoms with Gasteiger partial charge in [-0.25, -0.2) is 13.8 Å². The van der Waals surface area contributed by atoms with E-state index in [1.807, 2.05) is 0 Å². The first kappa shape index (κ1) is 27.7. The first-order chi connectivity index (χ1) is 17.4. The molecule has 0 fully saturated rings. The van der Waals surface area contributed by atoms with E-state index < -0.39 is 45.9 Å². The number of alkyl halides is 3. The number of sulfonamides is 1. The predicted octanol–water partition coefficient (Wildman–Crippen LogP) is 4.63. The lowest BCUT2D eigenvalue weighted by atomic mass is 10.2. The lowest BCUT2D eigenvalue weighted by Gasteiger charge is -2.25. The Morgan fingerprint density at radius 2 is 1.70 bits per heavy atom. The normalized spacial score (nSPS) is 11.8. The number of rotatable bonds is 8. The van der Waals surface area contributed by atoms with E-state index in [-0.39, 0.29) is 9.92 Å². The molecule has 3 aromatic rings. The van der Waals surface area contributed by atoms with Crippen molar-refractivity contribution in [1.82, 2.24) is 5.43 Å². The number of anilines is 1. The molecule has 3 aromatic carbocycles. The van der Waals surface area contributed by atoms with Crippen molar-refractivity contribution in [2.24, 2.45) is 5.10 Å². The number of nitrogens with one attached hydrogen (secondary N) is 1. The molecule has 1 N–H and O–H groups in total. The number of halogens is 4. The number of nitrogens with zero attached hydrogens (tertiary/aromatic N) is 2. The Balaban J connectivity index is 1.87. The Morgan fingerprint density at radius 3 is 2.30 bits per heavy atom. The highest BCUT2D eigenvalue weighted by Gasteiger charge is 2.34. The fraction of sp³-hybridized carbons (Fsp3) is 0.125. The highest BCUT2D eigenvalue weighted by atomic mass is 35.5. The summed E-state index contributed by atoms with van der Waals surface area (Å²) in [4.78, 5) is 23.3. The molecule has 0 aliphatic carbocycles. The molecule has 0 aliphatic rings. The third-order valence-electron chi connectivity index (χ3n) is 4.71. The molecular formula is C24H19ClF3N3O5S. The van der Waals surface area contributed by atoms with Gasteiger partial charge in [0.15, 0.2) is 0 Å². The maximum Gasteiger partial charge on any atom is 0.416 e. The lowest BCUT2D eigenvalue weighted by molar-refractivity contribution is -0.137. The number of hydrazone groups is 1. The number of carbonyl (C=O) groups is 2. The summed E-state index contributed by atoms with van der Waals surface area (Å²) in [6, 6.07) is 15.1. The molecule has 37 heavy (non-hydrogen) atoms. The highest BCUT2D eigenvalue weighted by Crippen LogP contribution is 2.37. The molecule has 0 bridgehead atoms. The van der Waals surface area contributed by atoms with Crippen molar-refractivity contribution in [2.75, 3.05) is 10.8 Å². The van der Waals surface area contributed by atoms with Crippen LogP contribution in [-0.4, -0.2) is 33.1 Å². The second-order valence-corrected chi connectivity index (χ2v) is 9.71. The van der Waals surface area contributed by atoms with Gasteiger partial charge in [-0.05, 0) is 60.2 Å². The van der Waals surface area contributed by atoms with Crippen LogP contribution in [0, 0.1) is 0 Å². The van der Waals surface area contributed by atoms with Crippen LogP contribution >= 0.6 is 11.6 Å². The van der Waals surface area contributed by atoms with Crippen LogP contribution in [0.15, 0.2) is 82.8 Å². The molecule has 0 aromatic heterocycles. The summed E-state index contributed by atoms with van der Waals surface area (Å²) < 4.78 is 72.0. The first-order valence-corrected chi connectivity index (χ1v) is 12.2. The van der Waals surface area contributed by atoms with Gasteiger partial charge in [0.2, 0.25) is 0 Å². The minimum atomic E-state index is -4.78. The summed E-state index contributed by atoms with van der Waals surface area (Å²) in [7, 11) is -4.50. The highest BCUT2D eigenvalue weighted by molar-refractivity contribution is 7.92. The van der Waals surface area contributed by atoms with Gasteiger partial charge in [0.05, 0.1) is 27.4 Å². The van der Waals surface area contributed by atoms with Crippen molar-refractivity contribution in [3.05, 3.63) is 88.9 Å². The molecule has 0 atom stereocenters. The SMILES string of the molecule is CC(=O)Oc1ccc(/C=N\NC(=O)CN(c2cc(C(F)(F)F)ccc2Cl)S(=O)(=O)c2ccccc2)cc1. The Morgan fingerprint density at radius 1 is 1.05 bits per heavy atom. The number of hydrogen-bond acceptors (Lipinski definition) is 6. The molecule has 8 nitrogen and oxygen atoms in total. The zero-order valence-electron chi connectivity index (χ0n) is 19.1. The third kappa shape index (κ3) is 7.30. The summed E-state index contributed by atoms with van der Waals surface area (Å²) in [5.74, 6) is -1.14. The van der Waals surface area contributed by atoms with Crippen LogP contribution in [0.25, 0.3) is 0 Å². The summed E-state index contributed by atoms with van der Waals surface area (Å²) >= 11 is 6.08. The van der Waals surface area contributed by atoms with Gasteiger partial charge in [-0.2, -0.15) is 18.3 Å². The van der Waals surface area contributed by atoms with Gasteiger partial charge >= 0.3 is 12.1 Å². The topological polar surface area (TPSA) is 105 Å². The first-order valence-electron chi connectivity index (χ1n) is 10.4. The molecule has 0 unspecified atom stereocenters. The van der Waals surface area contributed by atoms with Crippen LogP contribution in [0.4, 0.5) is 18.9 Å². The smallest absolute Gasteiger partial charge is 0.416 e. The lowest BCUT2D eigenvalue weighted by Crippen LogP contribution is -2.40. The minimum absolute atomic E-state index is 0.257. The molecule has 1 amide bonds. The van der Waals surface area contributed by atoms with Gasteiger partial charge < -0.3 is 4.74 Å². The Kier molecular flexibility index (Phi) is 8.56. The van der Waals surface area contributed by atoms with E-state index >= 15 is 0 Å². The minimum Gasteiger partial charge on any atom is -0.427 e. The standard InChI is InChI=1S/C24H19ClF3N3O5S/c1-16(32)36-19-10-7-17(8-11-19)14-29-30-23(33)15-31(37(34,35)20-5-3-2-4-6-20)22-13-18(24(26,27)28)9-12-21(22)25/h2-14H,15H2,1H3,(H,30,33)/b29-14-. The second kappa shape index (κ2) is 11.4. The predicted molar refractivity (Wildman–Crippen MR) is 131 cm³/mol. The number of hydrogen-bond donors (Lipinski definition) is 1. The van der Waals surface area contributed by atoms with E-state index in [0.717, 1.165) is 6.07 Å². The van der Waals surface area contributed by atoms with Crippen molar-refractivity contribution >= 4 is 45.4 Å². The van der Waals surface area contributed by atoms with Crippen LogP contribution in [0.2, 0.25) is 5.02 Å². The van der Waals surface area contributed by atoms with E-state index in [4.69, 9.17) is 16.3 Å². The number of benzene rings is 3. The largest absolute Gasteiger partial charge is 0.427 e. The average Bonchev–Trinajstić information content (AvgIpc) is 2.83. The van der Waals surface area contributed by atoms with Crippen molar-refractivity contribution < 1.29 is 35.9 Å². The van der Waals surface area contributed by atoms with Crippen molar-refractivity contribution in [1.29, 1.82) is 0 Å². The molecule has 0 spiro atoms. The van der Waals surface area contributed by atoms with Crippen LogP contribution in [0.3, 0.4) is 0 Å². The molecule has 0 aliphatic heterocycles. The fourth-order valence-electron chi connectivity index (χ4n) is 3.03. The van der Waals surface area contributed by atoms with E-state index in [2.05, 4.69) is 10.5 Å². The molecule has 0 saturated heterocycles. The van der Waals surface area contributed by atoms with Crippen LogP contribution in [0.1, 0.15) is 18.1 Å². The van der Waals surface area contributed by atoms with Crippen LogP contribution < -0.4 is 14.5 Å². The van der Waals surface area contributed by atoms with E-state index in [1.54, 1.807) is 18.2 Å². The Labute approximate surface area is 215 Å². The maximum absolute atomic E-state index is 13.3. The molecular weight excluding hydrogens is 535 g/mol. The monoisotopic (exact) mass is 553 g/mol. The van der Waals surface area contributed by atoms with E-state index in [9.17, 15) is 31.2 Å². The van der Waals surface area contributed by atoms with Crippen LogP contribution in [-0.2, 0) is 25.8 Å². The number of carbonyl (C=O) groups excluding carboxylic acids is 2. The molecule has 0 saturated carbocycles. The maximum atomic E-state index is 13.3. The average molecular weight is 554 g/mol. The van der Waals surface area contributed by atoms with Crippen LogP contribution in [0.5, 0.6) is 5.75 Å². The second-order valence-electron chi connectivity index (χ2n) is 7.44. The quantitative estimate of drug-likeness (QED) is 0.189. The Bertz CT molecular complexity index is 1410. The Hall–Kier alpha value is -3.90. The summed E-state index contributed by atoms with van der Waals surface area (Å²) in [6.07, 6.45) is -3.54. The zero-order chi connectivity index (χ0) is 27.2. The van der Waals surface area contributed by atoms with Crippen molar-refractivity contribution in [2.45, 2.75) is 18.0 Å². The number of amides is 1. The van der Waals surface area contributed by atoms with Gasteiger partial charge in [-0.15, -0.1) is 0 Å². The van der Waals surface area contributed by atoms with Gasteiger partial charge in [-0.1, -0.05) is 29.8 Å². The molecule has 194 valence electrons. The van der Waals surface area contributed by atoms with Gasteiger partial charge in [-0.3, -0.25) is 13.9 Å². The van der Waals surface area contributed by atoms with Crippen molar-refractivity contribution in [3.8, 4) is 5.75 Å². The summed E-state index contributed by atoms with van der Waals surface area (Å²) in [5.41, 5.74) is 0.975. The molecule has 0 radical (unpaired) electrons. The number of ether oxygens (including phenoxy) is 1. The molecule has 3 rings (SSSR count). The zero-order valence-corrected chi connectivity index (χ0v) is 20.6. The van der Waals surface area contributed by atoms with Gasteiger partial charge in [0.25, 0.3) is 15.9 Å². The third-order valence-corrected chi connectivity index (χ3v) is 6.80. The molecule has 0 heterocycles. The number of esters is 1. The summed E-state index contributed by atoms with van der Waals surface area (Å²) in [6.45, 7) is 0.333. The van der Waals surface area contributed by atoms with Gasteiger partial charge in [0, 0.05) is 6.92 Å².